The molecule has 2 aromatic carbocycles. The van der Waals surface area contributed by atoms with Gasteiger partial charge in [-0.1, -0.05) is 29.8 Å². The van der Waals surface area contributed by atoms with Crippen LogP contribution < -0.4 is 5.32 Å². The molecule has 23 heavy (non-hydrogen) atoms. The Bertz CT molecular complexity index is 793. The molecule has 0 bridgehead atoms. The van der Waals surface area contributed by atoms with Crippen LogP contribution in [0, 0.1) is 0 Å². The van der Waals surface area contributed by atoms with Crippen molar-refractivity contribution < 1.29 is 4.79 Å². The standard InChI is InChI=1S/C15H11ClN4OS2/c16-11-6-8-12(9-7-11)18-15(21)20-10-17-14(19-20)23-22-13-4-2-1-3-5-13/h1-10H,(H,18,21). The maximum atomic E-state index is 12.1. The predicted octanol–water partition coefficient (Wildman–Crippen LogP) is 4.81. The number of benzene rings is 2. The van der Waals surface area contributed by atoms with Crippen molar-refractivity contribution in [3.63, 3.8) is 0 Å². The van der Waals surface area contributed by atoms with Crippen molar-refractivity contribution in [3.8, 4) is 0 Å². The van der Waals surface area contributed by atoms with E-state index in [0.717, 1.165) is 4.90 Å². The van der Waals surface area contributed by atoms with Gasteiger partial charge in [0.2, 0.25) is 5.16 Å². The Labute approximate surface area is 145 Å². The molecule has 1 aromatic heterocycles. The lowest BCUT2D eigenvalue weighted by Crippen LogP contribution is -2.19. The van der Waals surface area contributed by atoms with Crippen molar-refractivity contribution in [3.05, 3.63) is 65.9 Å². The molecule has 116 valence electrons. The highest BCUT2D eigenvalue weighted by atomic mass is 35.5. The van der Waals surface area contributed by atoms with Crippen LogP contribution in [-0.4, -0.2) is 20.8 Å². The molecule has 0 fully saturated rings. The summed E-state index contributed by atoms with van der Waals surface area (Å²) in [7, 11) is 2.93. The number of amides is 1. The molecule has 5 nitrogen and oxygen atoms in total. The lowest BCUT2D eigenvalue weighted by atomic mass is 10.3. The zero-order chi connectivity index (χ0) is 16.1. The Morgan fingerprint density at radius 1 is 1.04 bits per heavy atom. The van der Waals surface area contributed by atoms with Crippen LogP contribution in [0.25, 0.3) is 0 Å². The second-order valence-electron chi connectivity index (χ2n) is 4.39. The fourth-order valence-corrected chi connectivity index (χ4v) is 3.51. The van der Waals surface area contributed by atoms with Crippen molar-refractivity contribution in [2.45, 2.75) is 10.1 Å². The van der Waals surface area contributed by atoms with Gasteiger partial charge in [-0.2, -0.15) is 4.68 Å². The summed E-state index contributed by atoms with van der Waals surface area (Å²) in [5, 5.41) is 8.00. The Morgan fingerprint density at radius 2 is 1.78 bits per heavy atom. The molecule has 0 atom stereocenters. The van der Waals surface area contributed by atoms with E-state index in [1.165, 1.54) is 32.6 Å². The number of rotatable bonds is 4. The molecule has 0 unspecified atom stereocenters. The summed E-state index contributed by atoms with van der Waals surface area (Å²) in [5.41, 5.74) is 0.641. The summed E-state index contributed by atoms with van der Waals surface area (Å²) < 4.78 is 1.17. The SMILES string of the molecule is O=C(Nc1ccc(Cl)cc1)n1cnc(SSc2ccccc2)n1. The lowest BCUT2D eigenvalue weighted by molar-refractivity contribution is 0.250. The molecule has 0 saturated carbocycles. The highest BCUT2D eigenvalue weighted by molar-refractivity contribution is 8.76. The van der Waals surface area contributed by atoms with Gasteiger partial charge < -0.3 is 5.32 Å². The minimum Gasteiger partial charge on any atom is -0.306 e. The van der Waals surface area contributed by atoms with Crippen LogP contribution in [0.5, 0.6) is 0 Å². The van der Waals surface area contributed by atoms with Gasteiger partial charge >= 0.3 is 6.03 Å². The van der Waals surface area contributed by atoms with Crippen molar-refractivity contribution >= 4 is 44.9 Å². The van der Waals surface area contributed by atoms with E-state index in [-0.39, 0.29) is 6.03 Å². The van der Waals surface area contributed by atoms with E-state index in [4.69, 9.17) is 11.6 Å². The monoisotopic (exact) mass is 362 g/mol. The first kappa shape index (κ1) is 15.9. The smallest absolute Gasteiger partial charge is 0.306 e. The number of carbonyl (C=O) groups excluding carboxylic acids is 1. The van der Waals surface area contributed by atoms with E-state index < -0.39 is 0 Å². The second-order valence-corrected chi connectivity index (χ2v) is 6.99. The van der Waals surface area contributed by atoms with Crippen molar-refractivity contribution in [1.82, 2.24) is 14.8 Å². The first-order valence-corrected chi connectivity index (χ1v) is 9.12. The number of carbonyl (C=O) groups is 1. The van der Waals surface area contributed by atoms with Crippen LogP contribution in [-0.2, 0) is 0 Å². The first-order valence-electron chi connectivity index (χ1n) is 6.59. The van der Waals surface area contributed by atoms with Crippen molar-refractivity contribution in [2.24, 2.45) is 0 Å². The number of halogens is 1. The molecular formula is C15H11ClN4OS2. The van der Waals surface area contributed by atoms with E-state index in [2.05, 4.69) is 15.4 Å². The number of nitrogens with one attached hydrogen (secondary N) is 1. The molecule has 0 saturated heterocycles. The molecule has 1 heterocycles. The van der Waals surface area contributed by atoms with E-state index in [9.17, 15) is 4.79 Å². The van der Waals surface area contributed by atoms with Gasteiger partial charge in [-0.15, -0.1) is 5.10 Å². The van der Waals surface area contributed by atoms with Crippen molar-refractivity contribution in [1.29, 1.82) is 0 Å². The zero-order valence-corrected chi connectivity index (χ0v) is 14.1. The van der Waals surface area contributed by atoms with Crippen LogP contribution in [0.4, 0.5) is 10.5 Å². The predicted molar refractivity (Wildman–Crippen MR) is 94.0 cm³/mol. The highest BCUT2D eigenvalue weighted by Crippen LogP contribution is 2.34. The number of hydrogen-bond donors (Lipinski definition) is 1. The molecule has 3 rings (SSSR count). The average molecular weight is 363 g/mol. The third-order valence-corrected chi connectivity index (χ3v) is 5.14. The van der Waals surface area contributed by atoms with E-state index in [0.29, 0.717) is 15.9 Å². The Kier molecular flexibility index (Phi) is 5.22. The molecule has 1 amide bonds. The summed E-state index contributed by atoms with van der Waals surface area (Å²) in [4.78, 5) is 17.3. The lowest BCUT2D eigenvalue weighted by Gasteiger charge is -2.03. The van der Waals surface area contributed by atoms with Crippen LogP contribution in [0.3, 0.4) is 0 Å². The fraction of sp³-hybridized carbons (Fsp3) is 0. The van der Waals surface area contributed by atoms with Crippen LogP contribution >= 0.6 is 33.2 Å². The number of anilines is 1. The Hall–Kier alpha value is -1.96. The topological polar surface area (TPSA) is 59.8 Å². The quantitative estimate of drug-likeness (QED) is 0.675. The summed E-state index contributed by atoms with van der Waals surface area (Å²) in [6.07, 6.45) is 1.39. The molecule has 1 N–H and O–H groups in total. The molecule has 0 aliphatic rings. The Morgan fingerprint density at radius 3 is 2.52 bits per heavy atom. The number of nitrogens with zero attached hydrogens (tertiary/aromatic N) is 3. The largest absolute Gasteiger partial charge is 0.348 e. The molecule has 3 aromatic rings. The Balaban J connectivity index is 1.59. The number of aromatic nitrogens is 3. The average Bonchev–Trinajstić information content (AvgIpc) is 3.05. The van der Waals surface area contributed by atoms with E-state index >= 15 is 0 Å². The van der Waals surface area contributed by atoms with Gasteiger partial charge in [-0.25, -0.2) is 9.78 Å². The van der Waals surface area contributed by atoms with E-state index in [1.54, 1.807) is 24.3 Å². The molecule has 0 aliphatic carbocycles. The minimum atomic E-state index is -0.378. The van der Waals surface area contributed by atoms with Crippen LogP contribution in [0.15, 0.2) is 71.0 Å². The fourth-order valence-electron chi connectivity index (χ4n) is 1.66. The maximum Gasteiger partial charge on any atom is 0.348 e. The summed E-state index contributed by atoms with van der Waals surface area (Å²) >= 11 is 5.81. The summed E-state index contributed by atoms with van der Waals surface area (Å²) in [6, 6.07) is 16.4. The second kappa shape index (κ2) is 7.54. The van der Waals surface area contributed by atoms with Gasteiger partial charge in [0.05, 0.1) is 0 Å². The molecule has 0 radical (unpaired) electrons. The third kappa shape index (κ3) is 4.51. The highest BCUT2D eigenvalue weighted by Gasteiger charge is 2.09. The maximum absolute atomic E-state index is 12.1. The van der Waals surface area contributed by atoms with Gasteiger partial charge in [0.1, 0.15) is 6.33 Å². The van der Waals surface area contributed by atoms with Gasteiger partial charge in [-0.05, 0) is 58.0 Å². The van der Waals surface area contributed by atoms with Crippen molar-refractivity contribution in [2.75, 3.05) is 5.32 Å². The van der Waals surface area contributed by atoms with Gasteiger partial charge in [0, 0.05) is 15.6 Å². The zero-order valence-electron chi connectivity index (χ0n) is 11.7. The van der Waals surface area contributed by atoms with Gasteiger partial charge in [0.15, 0.2) is 0 Å². The van der Waals surface area contributed by atoms with Gasteiger partial charge in [0.25, 0.3) is 0 Å². The first-order chi connectivity index (χ1) is 11.2. The van der Waals surface area contributed by atoms with E-state index in [1.807, 2.05) is 30.3 Å². The number of hydrogen-bond acceptors (Lipinski definition) is 5. The minimum absolute atomic E-state index is 0.378. The molecule has 8 heteroatoms. The summed E-state index contributed by atoms with van der Waals surface area (Å²) in [5.74, 6) is 0. The van der Waals surface area contributed by atoms with Gasteiger partial charge in [-0.3, -0.25) is 0 Å². The van der Waals surface area contributed by atoms with Crippen LogP contribution in [0.2, 0.25) is 5.02 Å². The molecule has 0 aliphatic heterocycles. The summed E-state index contributed by atoms with van der Waals surface area (Å²) in [6.45, 7) is 0. The van der Waals surface area contributed by atoms with Crippen LogP contribution in [0.1, 0.15) is 0 Å². The molecular weight excluding hydrogens is 352 g/mol. The normalized spacial score (nSPS) is 10.5. The molecule has 0 spiro atoms. The third-order valence-electron chi connectivity index (χ3n) is 2.73.